The number of aromatic carboxylic acids is 1. The van der Waals surface area contributed by atoms with Crippen LogP contribution in [0.4, 0.5) is 13.2 Å². The highest BCUT2D eigenvalue weighted by atomic mass is 32.2. The molecule has 0 bridgehead atoms. The molecule has 0 radical (unpaired) electrons. The lowest BCUT2D eigenvalue weighted by Crippen LogP contribution is -2.12. The lowest BCUT2D eigenvalue weighted by molar-refractivity contribution is -0.153. The van der Waals surface area contributed by atoms with E-state index < -0.39 is 40.4 Å². The fraction of sp³-hybridized carbons (Fsp3) is 0.265. The largest absolute Gasteiger partial charge is 0.507 e. The number of ether oxygens (including phenoxy) is 1. The van der Waals surface area contributed by atoms with E-state index in [1.807, 2.05) is 6.92 Å². The molecule has 248 valence electrons. The van der Waals surface area contributed by atoms with Gasteiger partial charge in [-0.1, -0.05) is 37.6 Å². The van der Waals surface area contributed by atoms with Crippen LogP contribution in [0.2, 0.25) is 0 Å². The molecule has 2 aromatic carbocycles. The number of aliphatic hydroxyl groups is 1. The number of benzene rings is 2. The fourth-order valence-electron chi connectivity index (χ4n) is 4.62. The standard InChI is InChI=1S/C34H31F3O9S/c1-3-8-23-25(13-12-21(19(2)38)31(23)40)44-16-7-5-4-6-9-29(32(41)26-14-15-30(46-26)34(35,36)37)47-20-10-11-22-24(39)18-28(33(42)43)45-27(22)17-20/h4-6,9-15,17-18,29,32,40-41H,3,7-8,16H2,1-2H3,(H,42,43)/b5-4-,9-6+/t29-,32+/m0/s1. The van der Waals surface area contributed by atoms with Crippen LogP contribution < -0.4 is 10.2 Å². The highest BCUT2D eigenvalue weighted by molar-refractivity contribution is 8.00. The second-order valence-corrected chi connectivity index (χ2v) is 11.6. The molecular formula is C34H31F3O9S. The van der Waals surface area contributed by atoms with E-state index in [-0.39, 0.29) is 40.4 Å². The van der Waals surface area contributed by atoms with Gasteiger partial charge in [0.1, 0.15) is 28.9 Å². The molecule has 47 heavy (non-hydrogen) atoms. The molecule has 0 saturated carbocycles. The summed E-state index contributed by atoms with van der Waals surface area (Å²) in [6.07, 6.45) is 1.98. The quantitative estimate of drug-likeness (QED) is 0.0526. The predicted octanol–water partition coefficient (Wildman–Crippen LogP) is 7.74. The number of Topliss-reactive ketones (excluding diaryl/α,β-unsaturated/α-hetero) is 1. The molecule has 9 nitrogen and oxygen atoms in total. The summed E-state index contributed by atoms with van der Waals surface area (Å²) in [5.74, 6) is -3.45. The number of carbonyl (C=O) groups excluding carboxylic acids is 1. The van der Waals surface area contributed by atoms with E-state index in [0.29, 0.717) is 29.1 Å². The van der Waals surface area contributed by atoms with Gasteiger partial charge in [0.15, 0.2) is 11.2 Å². The summed E-state index contributed by atoms with van der Waals surface area (Å²) in [6, 6.07) is 10.2. The number of hydrogen-bond donors (Lipinski definition) is 3. The maximum absolute atomic E-state index is 13.2. The van der Waals surface area contributed by atoms with Crippen LogP contribution in [0.1, 0.15) is 70.8 Å². The van der Waals surface area contributed by atoms with Crippen molar-refractivity contribution < 1.29 is 51.7 Å². The molecule has 2 aromatic heterocycles. The Morgan fingerprint density at radius 2 is 1.83 bits per heavy atom. The molecule has 0 aliphatic carbocycles. The normalized spacial score (nSPS) is 13.4. The van der Waals surface area contributed by atoms with Crippen LogP contribution in [0, 0.1) is 0 Å². The molecule has 0 amide bonds. The molecule has 0 saturated heterocycles. The lowest BCUT2D eigenvalue weighted by Gasteiger charge is -2.18. The van der Waals surface area contributed by atoms with E-state index in [9.17, 15) is 42.9 Å². The summed E-state index contributed by atoms with van der Waals surface area (Å²) in [6.45, 7) is 3.56. The Morgan fingerprint density at radius 1 is 1.06 bits per heavy atom. The first-order valence-corrected chi connectivity index (χ1v) is 15.3. The number of aromatic hydroxyl groups is 1. The van der Waals surface area contributed by atoms with Gasteiger partial charge >= 0.3 is 12.1 Å². The third-order valence-corrected chi connectivity index (χ3v) is 8.11. The van der Waals surface area contributed by atoms with Crippen molar-refractivity contribution in [2.45, 2.75) is 55.5 Å². The molecule has 0 aliphatic heterocycles. The molecule has 0 unspecified atom stereocenters. The Hall–Kier alpha value is -4.75. The zero-order valence-electron chi connectivity index (χ0n) is 25.2. The van der Waals surface area contributed by atoms with Crippen LogP contribution in [0.5, 0.6) is 11.5 Å². The minimum absolute atomic E-state index is 0.0132. The van der Waals surface area contributed by atoms with Gasteiger partial charge in [0.2, 0.25) is 11.5 Å². The molecule has 2 heterocycles. The number of rotatable bonds is 14. The molecule has 13 heteroatoms. The first-order chi connectivity index (χ1) is 22.3. The van der Waals surface area contributed by atoms with Crippen molar-refractivity contribution in [3.8, 4) is 11.5 Å². The number of aliphatic hydroxyl groups excluding tert-OH is 1. The minimum atomic E-state index is -4.75. The second-order valence-electron chi connectivity index (χ2n) is 10.4. The molecule has 0 spiro atoms. The molecule has 0 aliphatic rings. The van der Waals surface area contributed by atoms with Crippen molar-refractivity contribution in [3.63, 3.8) is 0 Å². The maximum Gasteiger partial charge on any atom is 0.449 e. The number of fused-ring (bicyclic) bond motifs is 1. The Morgan fingerprint density at radius 3 is 2.49 bits per heavy atom. The molecule has 2 atom stereocenters. The summed E-state index contributed by atoms with van der Waals surface area (Å²) in [5, 5.41) is 30.0. The average molecular weight is 673 g/mol. The number of carbonyl (C=O) groups is 2. The number of furan rings is 1. The van der Waals surface area contributed by atoms with Gasteiger partial charge in [-0.2, -0.15) is 13.2 Å². The summed E-state index contributed by atoms with van der Waals surface area (Å²) in [4.78, 5) is 35.9. The number of carboxylic acids is 1. The van der Waals surface area contributed by atoms with Crippen LogP contribution in [-0.4, -0.2) is 38.9 Å². The van der Waals surface area contributed by atoms with Crippen molar-refractivity contribution in [3.05, 3.63) is 111 Å². The lowest BCUT2D eigenvalue weighted by atomic mass is 10.0. The maximum atomic E-state index is 13.2. The van der Waals surface area contributed by atoms with Crippen LogP contribution >= 0.6 is 11.8 Å². The van der Waals surface area contributed by atoms with Gasteiger partial charge in [-0.05, 0) is 62.2 Å². The zero-order valence-corrected chi connectivity index (χ0v) is 26.1. The summed E-state index contributed by atoms with van der Waals surface area (Å²) >= 11 is 1.03. The van der Waals surface area contributed by atoms with E-state index in [4.69, 9.17) is 13.6 Å². The van der Waals surface area contributed by atoms with Crippen LogP contribution in [0.3, 0.4) is 0 Å². The number of allylic oxidation sites excluding steroid dienone is 2. The topological polar surface area (TPSA) is 147 Å². The van der Waals surface area contributed by atoms with Gasteiger partial charge in [-0.3, -0.25) is 9.59 Å². The van der Waals surface area contributed by atoms with Crippen LogP contribution in [0.15, 0.2) is 91.4 Å². The van der Waals surface area contributed by atoms with Gasteiger partial charge in [0.05, 0.1) is 22.8 Å². The summed E-state index contributed by atoms with van der Waals surface area (Å²) in [5.41, 5.74) is 0.202. The number of carboxylic acid groups (broad SMARTS) is 1. The number of phenols is 1. The van der Waals surface area contributed by atoms with Crippen LogP contribution in [-0.2, 0) is 12.6 Å². The number of hydrogen-bond acceptors (Lipinski definition) is 9. The van der Waals surface area contributed by atoms with Gasteiger partial charge in [0.25, 0.3) is 0 Å². The van der Waals surface area contributed by atoms with Gasteiger partial charge in [-0.15, -0.1) is 11.8 Å². The molecule has 0 fully saturated rings. The summed E-state index contributed by atoms with van der Waals surface area (Å²) < 4.78 is 55.5. The third kappa shape index (κ3) is 8.74. The Kier molecular flexibility index (Phi) is 11.4. The predicted molar refractivity (Wildman–Crippen MR) is 168 cm³/mol. The minimum Gasteiger partial charge on any atom is -0.507 e. The van der Waals surface area contributed by atoms with E-state index in [1.54, 1.807) is 36.4 Å². The summed E-state index contributed by atoms with van der Waals surface area (Å²) in [7, 11) is 0. The van der Waals surface area contributed by atoms with Gasteiger partial charge in [0, 0.05) is 16.5 Å². The monoisotopic (exact) mass is 672 g/mol. The van der Waals surface area contributed by atoms with Crippen molar-refractivity contribution in [1.29, 1.82) is 0 Å². The number of ketones is 1. The highest BCUT2D eigenvalue weighted by Crippen LogP contribution is 2.38. The number of halogens is 3. The van der Waals surface area contributed by atoms with E-state index in [2.05, 4.69) is 0 Å². The van der Waals surface area contributed by atoms with E-state index in [1.165, 1.54) is 25.1 Å². The Labute approximate surface area is 271 Å². The fourth-order valence-corrected chi connectivity index (χ4v) is 5.69. The number of thioether (sulfide) groups is 1. The Balaban J connectivity index is 1.51. The first-order valence-electron chi connectivity index (χ1n) is 14.4. The average Bonchev–Trinajstić information content (AvgIpc) is 3.52. The van der Waals surface area contributed by atoms with Crippen molar-refractivity contribution in [1.82, 2.24) is 0 Å². The molecule has 3 N–H and O–H groups in total. The number of phenolic OH excluding ortho intramolecular Hbond substituents is 1. The third-order valence-electron chi connectivity index (χ3n) is 6.90. The molecule has 4 rings (SSSR count). The first kappa shape index (κ1) is 35.1. The SMILES string of the molecule is CCCc1c(OCC/C=C\C=C\[C@H](Sc2ccc3c(=O)cc(C(=O)O)oc3c2)[C@H](O)c2ccc(C(F)(F)F)o2)ccc(C(C)=O)c1O. The second kappa shape index (κ2) is 15.2. The molecule has 4 aromatic rings. The highest BCUT2D eigenvalue weighted by Gasteiger charge is 2.36. The van der Waals surface area contributed by atoms with Crippen molar-refractivity contribution >= 4 is 34.5 Å². The van der Waals surface area contributed by atoms with Crippen molar-refractivity contribution in [2.24, 2.45) is 0 Å². The van der Waals surface area contributed by atoms with E-state index >= 15 is 0 Å². The van der Waals surface area contributed by atoms with E-state index in [0.717, 1.165) is 36.4 Å². The van der Waals surface area contributed by atoms with Gasteiger partial charge in [-0.25, -0.2) is 4.79 Å². The van der Waals surface area contributed by atoms with Crippen molar-refractivity contribution in [2.75, 3.05) is 6.61 Å². The Bertz CT molecular complexity index is 1870. The molecular weight excluding hydrogens is 641 g/mol. The smallest absolute Gasteiger partial charge is 0.449 e. The van der Waals surface area contributed by atoms with Gasteiger partial charge < -0.3 is 28.9 Å². The number of alkyl halides is 3. The van der Waals surface area contributed by atoms with Crippen LogP contribution in [0.25, 0.3) is 11.0 Å². The zero-order chi connectivity index (χ0) is 34.3.